The maximum Gasteiger partial charge on any atom is 0.281 e. The minimum absolute atomic E-state index is 0.0291. The first-order valence-electron chi connectivity index (χ1n) is 8.94. The normalized spacial score (nSPS) is 18.6. The van der Waals surface area contributed by atoms with Crippen LogP contribution in [-0.4, -0.2) is 49.2 Å². The maximum absolute atomic E-state index is 13.4. The molecule has 2 aromatic rings. The lowest BCUT2D eigenvalue weighted by atomic mass is 9.95. The zero-order valence-corrected chi connectivity index (χ0v) is 16.6. The second kappa shape index (κ2) is 7.92. The predicted octanol–water partition coefficient (Wildman–Crippen LogP) is 3.26. The van der Waals surface area contributed by atoms with Crippen LogP contribution in [0.15, 0.2) is 36.4 Å². The molecule has 0 bridgehead atoms. The van der Waals surface area contributed by atoms with Crippen molar-refractivity contribution in [3.63, 3.8) is 0 Å². The van der Waals surface area contributed by atoms with Crippen LogP contribution < -0.4 is 5.32 Å². The van der Waals surface area contributed by atoms with Crippen molar-refractivity contribution >= 4 is 21.6 Å². The number of rotatable bonds is 5. The molecule has 146 valence electrons. The molecule has 1 aromatic carbocycles. The minimum atomic E-state index is -3.43. The van der Waals surface area contributed by atoms with E-state index in [1.165, 1.54) is 20.7 Å². The fourth-order valence-corrected chi connectivity index (χ4v) is 4.52. The number of hydrogen-bond acceptors (Lipinski definition) is 4. The Kier molecular flexibility index (Phi) is 5.78. The summed E-state index contributed by atoms with van der Waals surface area (Å²) < 4.78 is 41.1. The summed E-state index contributed by atoms with van der Waals surface area (Å²) in [7, 11) is -0.340. The second-order valence-electron chi connectivity index (χ2n) is 7.04. The third kappa shape index (κ3) is 4.63. The molecule has 1 N–H and O–H groups in total. The molecule has 0 amide bonds. The van der Waals surface area contributed by atoms with Crippen LogP contribution in [0.5, 0.6) is 0 Å². The molecule has 1 aromatic heterocycles. The van der Waals surface area contributed by atoms with Crippen molar-refractivity contribution in [3.05, 3.63) is 53.6 Å². The number of benzene rings is 1. The van der Waals surface area contributed by atoms with Crippen molar-refractivity contribution < 1.29 is 12.8 Å². The van der Waals surface area contributed by atoms with Crippen LogP contribution in [0.25, 0.3) is 0 Å². The maximum atomic E-state index is 13.4. The second-order valence-corrected chi connectivity index (χ2v) is 9.19. The number of halogens is 1. The molecular weight excluding hydrogens is 367 g/mol. The highest BCUT2D eigenvalue weighted by atomic mass is 32.2. The number of aryl methyl sites for hydroxylation is 1. The fraction of sp³-hybridized carbons (Fsp3) is 0.421. The lowest BCUT2D eigenvalue weighted by Crippen LogP contribution is -2.45. The summed E-state index contributed by atoms with van der Waals surface area (Å²) in [5.74, 6) is -0.274. The van der Waals surface area contributed by atoms with Gasteiger partial charge in [0.15, 0.2) is 0 Å². The molecule has 1 atom stereocenters. The third-order valence-electron chi connectivity index (χ3n) is 4.68. The quantitative estimate of drug-likeness (QED) is 0.848. The van der Waals surface area contributed by atoms with Gasteiger partial charge in [-0.2, -0.15) is 17.0 Å². The van der Waals surface area contributed by atoms with Crippen LogP contribution in [0.4, 0.5) is 15.8 Å². The summed E-state index contributed by atoms with van der Waals surface area (Å²) in [4.78, 5) is 4.63. The van der Waals surface area contributed by atoms with Crippen molar-refractivity contribution in [3.8, 4) is 0 Å². The Morgan fingerprint density at radius 3 is 2.70 bits per heavy atom. The van der Waals surface area contributed by atoms with Crippen LogP contribution in [0.2, 0.25) is 0 Å². The van der Waals surface area contributed by atoms with Gasteiger partial charge in [-0.25, -0.2) is 4.39 Å². The first kappa shape index (κ1) is 19.7. The van der Waals surface area contributed by atoms with Gasteiger partial charge in [-0.15, -0.1) is 0 Å². The van der Waals surface area contributed by atoms with E-state index in [1.807, 2.05) is 19.1 Å². The van der Waals surface area contributed by atoms with E-state index in [2.05, 4.69) is 10.3 Å². The zero-order valence-electron chi connectivity index (χ0n) is 15.8. The van der Waals surface area contributed by atoms with Gasteiger partial charge < -0.3 is 5.32 Å². The predicted molar refractivity (Wildman–Crippen MR) is 105 cm³/mol. The number of nitrogens with one attached hydrogen (secondary N) is 1. The monoisotopic (exact) mass is 392 g/mol. The molecule has 1 aliphatic heterocycles. The Labute approximate surface area is 160 Å². The van der Waals surface area contributed by atoms with E-state index in [1.54, 1.807) is 26.2 Å². The van der Waals surface area contributed by atoms with E-state index in [-0.39, 0.29) is 11.7 Å². The average molecular weight is 393 g/mol. The Morgan fingerprint density at radius 1 is 1.22 bits per heavy atom. The standard InChI is InChI=1S/C19H25FN4O2S/c1-14-10-18(22-17-8-4-7-16(20)11-17)12-19(21-14)15-6-5-9-24(13-15)27(25,26)23(2)3/h4,7-8,10-12,15H,5-6,9,13H2,1-3H3,(H,21,22). The number of anilines is 2. The molecule has 1 unspecified atom stereocenters. The summed E-state index contributed by atoms with van der Waals surface area (Å²) in [6, 6.07) is 10.1. The van der Waals surface area contributed by atoms with Gasteiger partial charge in [0.05, 0.1) is 0 Å². The highest BCUT2D eigenvalue weighted by Gasteiger charge is 2.31. The molecule has 0 aliphatic carbocycles. The Morgan fingerprint density at radius 2 is 2.00 bits per heavy atom. The van der Waals surface area contributed by atoms with Crippen LogP contribution in [-0.2, 0) is 10.2 Å². The molecule has 1 aliphatic rings. The highest BCUT2D eigenvalue weighted by molar-refractivity contribution is 7.86. The Bertz CT molecular complexity index is 918. The first-order valence-corrected chi connectivity index (χ1v) is 10.3. The van der Waals surface area contributed by atoms with Gasteiger partial charge in [0.25, 0.3) is 10.2 Å². The molecule has 6 nitrogen and oxygen atoms in total. The molecule has 0 spiro atoms. The fourth-order valence-electron chi connectivity index (χ4n) is 3.33. The van der Waals surface area contributed by atoms with Gasteiger partial charge in [0, 0.05) is 55.9 Å². The van der Waals surface area contributed by atoms with Crippen molar-refractivity contribution in [1.82, 2.24) is 13.6 Å². The van der Waals surface area contributed by atoms with E-state index in [9.17, 15) is 12.8 Å². The molecule has 8 heteroatoms. The van der Waals surface area contributed by atoms with Gasteiger partial charge in [0.2, 0.25) is 0 Å². The largest absolute Gasteiger partial charge is 0.355 e. The van der Waals surface area contributed by atoms with Crippen LogP contribution in [0.1, 0.15) is 30.1 Å². The van der Waals surface area contributed by atoms with Crippen LogP contribution in [0.3, 0.4) is 0 Å². The van der Waals surface area contributed by atoms with Crippen molar-refractivity contribution in [2.75, 3.05) is 32.5 Å². The summed E-state index contributed by atoms with van der Waals surface area (Å²) in [6.07, 6.45) is 1.68. The lowest BCUT2D eigenvalue weighted by molar-refractivity contribution is 0.296. The number of nitrogens with zero attached hydrogens (tertiary/aromatic N) is 3. The third-order valence-corrected chi connectivity index (χ3v) is 6.58. The highest BCUT2D eigenvalue weighted by Crippen LogP contribution is 2.30. The summed E-state index contributed by atoms with van der Waals surface area (Å²) in [6.45, 7) is 2.84. The SMILES string of the molecule is Cc1cc(Nc2cccc(F)c2)cc(C2CCCN(S(=O)(=O)N(C)C)C2)n1. The van der Waals surface area contributed by atoms with E-state index < -0.39 is 10.2 Å². The number of aromatic nitrogens is 1. The average Bonchev–Trinajstić information content (AvgIpc) is 2.61. The van der Waals surface area contributed by atoms with E-state index in [0.29, 0.717) is 18.8 Å². The van der Waals surface area contributed by atoms with Crippen molar-refractivity contribution in [2.45, 2.75) is 25.7 Å². The number of hydrogen-bond donors (Lipinski definition) is 1. The lowest BCUT2D eigenvalue weighted by Gasteiger charge is -2.33. The number of piperidine rings is 1. The van der Waals surface area contributed by atoms with Gasteiger partial charge in [0.1, 0.15) is 5.82 Å². The molecule has 1 fully saturated rings. The Hall–Kier alpha value is -2.03. The summed E-state index contributed by atoms with van der Waals surface area (Å²) >= 11 is 0. The zero-order chi connectivity index (χ0) is 19.6. The topological polar surface area (TPSA) is 65.5 Å². The van der Waals surface area contributed by atoms with Gasteiger partial charge in [-0.3, -0.25) is 4.98 Å². The van der Waals surface area contributed by atoms with Crippen molar-refractivity contribution in [2.24, 2.45) is 0 Å². The van der Waals surface area contributed by atoms with Gasteiger partial charge in [-0.05, 0) is 50.1 Å². The van der Waals surface area contributed by atoms with Gasteiger partial charge >= 0.3 is 0 Å². The smallest absolute Gasteiger partial charge is 0.281 e. The van der Waals surface area contributed by atoms with Crippen molar-refractivity contribution in [1.29, 1.82) is 0 Å². The Balaban J connectivity index is 1.83. The van der Waals surface area contributed by atoms with E-state index in [0.717, 1.165) is 29.9 Å². The van der Waals surface area contributed by atoms with E-state index >= 15 is 0 Å². The van der Waals surface area contributed by atoms with E-state index in [4.69, 9.17) is 0 Å². The van der Waals surface area contributed by atoms with Crippen LogP contribution >= 0.6 is 0 Å². The molecule has 0 radical (unpaired) electrons. The van der Waals surface area contributed by atoms with Crippen LogP contribution in [0, 0.1) is 12.7 Å². The molecule has 2 heterocycles. The molecule has 1 saturated heterocycles. The minimum Gasteiger partial charge on any atom is -0.355 e. The summed E-state index contributed by atoms with van der Waals surface area (Å²) in [5, 5.41) is 3.20. The molecule has 0 saturated carbocycles. The number of pyridine rings is 1. The summed E-state index contributed by atoms with van der Waals surface area (Å²) in [5.41, 5.74) is 3.16. The van der Waals surface area contributed by atoms with Gasteiger partial charge in [-0.1, -0.05) is 6.07 Å². The molecular formula is C19H25FN4O2S. The molecule has 3 rings (SSSR count). The first-order chi connectivity index (χ1) is 12.8. The molecule has 27 heavy (non-hydrogen) atoms.